The van der Waals surface area contributed by atoms with Crippen LogP contribution in [0.3, 0.4) is 0 Å². The molecule has 0 aliphatic carbocycles. The van der Waals surface area contributed by atoms with Gasteiger partial charge < -0.3 is 9.84 Å². The summed E-state index contributed by atoms with van der Waals surface area (Å²) in [4.78, 5) is 0. The summed E-state index contributed by atoms with van der Waals surface area (Å²) in [6.07, 6.45) is 11.0. The maximum absolute atomic E-state index is 8.72. The molecule has 0 bridgehead atoms. The van der Waals surface area contributed by atoms with E-state index in [-0.39, 0.29) is 0 Å². The number of hydrogen-bond acceptors (Lipinski definition) is 2. The third kappa shape index (κ3) is 7.23. The Morgan fingerprint density at radius 1 is 0.708 bits per heavy atom. The van der Waals surface area contributed by atoms with E-state index in [1.54, 1.807) is 0 Å². The van der Waals surface area contributed by atoms with Crippen molar-refractivity contribution in [2.45, 2.75) is 57.8 Å². The highest BCUT2D eigenvalue weighted by Gasteiger charge is 1.99. The molecule has 0 unspecified atom stereocenters. The highest BCUT2D eigenvalue weighted by Crippen LogP contribution is 2.24. The summed E-state index contributed by atoms with van der Waals surface area (Å²) in [5.41, 5.74) is 0. The van der Waals surface area contributed by atoms with Gasteiger partial charge in [-0.2, -0.15) is 0 Å². The van der Waals surface area contributed by atoms with E-state index >= 15 is 0 Å². The van der Waals surface area contributed by atoms with Crippen LogP contribution in [-0.4, -0.2) is 18.3 Å². The van der Waals surface area contributed by atoms with Crippen molar-refractivity contribution in [3.8, 4) is 5.75 Å². The molecule has 0 saturated heterocycles. The molecule has 0 spiro atoms. The van der Waals surface area contributed by atoms with Crippen molar-refractivity contribution in [3.63, 3.8) is 0 Å². The van der Waals surface area contributed by atoms with E-state index in [4.69, 9.17) is 9.84 Å². The molecular weight excluding hydrogens is 364 g/mol. The lowest BCUT2D eigenvalue weighted by Gasteiger charge is -2.08. The fourth-order valence-electron chi connectivity index (χ4n) is 2.93. The topological polar surface area (TPSA) is 29.5 Å². The number of aliphatic hydroxyl groups excluding tert-OH is 1. The molecule has 0 saturated carbocycles. The Labute approximate surface area is 154 Å². The molecule has 0 radical (unpaired) electrons. The van der Waals surface area contributed by atoms with E-state index in [0.717, 1.165) is 29.7 Å². The first-order valence-electron chi connectivity index (χ1n) is 9.22. The van der Waals surface area contributed by atoms with Gasteiger partial charge in [0.05, 0.1) is 6.61 Å². The molecule has 2 aromatic carbocycles. The Balaban J connectivity index is 1.54. The lowest BCUT2D eigenvalue weighted by molar-refractivity contribution is 0.282. The van der Waals surface area contributed by atoms with Crippen LogP contribution in [0.15, 0.2) is 40.9 Å². The monoisotopic (exact) mass is 392 g/mol. The SMILES string of the molecule is OCCCCCCCCCCCOc1ccc2cc(Br)ccc2c1. The summed E-state index contributed by atoms with van der Waals surface area (Å²) < 4.78 is 6.99. The molecule has 0 amide bonds. The van der Waals surface area contributed by atoms with Crippen LogP contribution in [-0.2, 0) is 0 Å². The van der Waals surface area contributed by atoms with Gasteiger partial charge in [0.1, 0.15) is 5.75 Å². The number of fused-ring (bicyclic) bond motifs is 1. The molecule has 0 aliphatic rings. The number of benzene rings is 2. The van der Waals surface area contributed by atoms with Gasteiger partial charge in [0.15, 0.2) is 0 Å². The van der Waals surface area contributed by atoms with E-state index < -0.39 is 0 Å². The van der Waals surface area contributed by atoms with Crippen molar-refractivity contribution in [1.29, 1.82) is 0 Å². The Kier molecular flexibility index (Phi) is 9.22. The third-order valence-corrected chi connectivity index (χ3v) is 4.84. The minimum atomic E-state index is 0.342. The Bertz CT molecular complexity index is 597. The van der Waals surface area contributed by atoms with Crippen LogP contribution in [0.5, 0.6) is 5.75 Å². The van der Waals surface area contributed by atoms with E-state index in [2.05, 4.69) is 52.3 Å². The van der Waals surface area contributed by atoms with Gasteiger partial charge in [-0.15, -0.1) is 0 Å². The molecular formula is C21H29BrO2. The van der Waals surface area contributed by atoms with Gasteiger partial charge in [0.2, 0.25) is 0 Å². The van der Waals surface area contributed by atoms with E-state index in [9.17, 15) is 0 Å². The van der Waals surface area contributed by atoms with E-state index in [1.165, 1.54) is 55.7 Å². The Morgan fingerprint density at radius 2 is 1.29 bits per heavy atom. The molecule has 2 rings (SSSR count). The van der Waals surface area contributed by atoms with Crippen LogP contribution in [0.1, 0.15) is 57.8 Å². The van der Waals surface area contributed by atoms with Crippen molar-refractivity contribution < 1.29 is 9.84 Å². The molecule has 0 aromatic heterocycles. The summed E-state index contributed by atoms with van der Waals surface area (Å²) in [5.74, 6) is 0.966. The molecule has 0 heterocycles. The molecule has 2 aromatic rings. The minimum Gasteiger partial charge on any atom is -0.494 e. The zero-order chi connectivity index (χ0) is 17.0. The Morgan fingerprint density at radius 3 is 2.00 bits per heavy atom. The van der Waals surface area contributed by atoms with Crippen LogP contribution in [0.4, 0.5) is 0 Å². The average molecular weight is 393 g/mol. The smallest absolute Gasteiger partial charge is 0.119 e. The summed E-state index contributed by atoms with van der Waals surface area (Å²) in [6, 6.07) is 12.6. The quantitative estimate of drug-likeness (QED) is 0.418. The predicted octanol–water partition coefficient (Wildman–Crippen LogP) is 6.48. The first kappa shape index (κ1) is 19.3. The summed E-state index contributed by atoms with van der Waals surface area (Å²) in [7, 11) is 0. The Hall–Kier alpha value is -1.06. The van der Waals surface area contributed by atoms with Crippen molar-refractivity contribution in [2.24, 2.45) is 0 Å². The number of hydrogen-bond donors (Lipinski definition) is 1. The standard InChI is InChI=1S/C21H29BrO2/c22-20-12-10-19-17-21(13-11-18(19)16-20)24-15-9-7-5-3-1-2-4-6-8-14-23/h10-13,16-17,23H,1-9,14-15H2. The van der Waals surface area contributed by atoms with Crippen molar-refractivity contribution in [2.75, 3.05) is 13.2 Å². The summed E-state index contributed by atoms with van der Waals surface area (Å²) in [6.45, 7) is 1.15. The van der Waals surface area contributed by atoms with Crippen LogP contribution in [0, 0.1) is 0 Å². The van der Waals surface area contributed by atoms with E-state index in [1.807, 2.05) is 0 Å². The molecule has 24 heavy (non-hydrogen) atoms. The number of halogens is 1. The highest BCUT2D eigenvalue weighted by atomic mass is 79.9. The highest BCUT2D eigenvalue weighted by molar-refractivity contribution is 9.10. The molecule has 3 heteroatoms. The number of ether oxygens (including phenoxy) is 1. The van der Waals surface area contributed by atoms with E-state index in [0.29, 0.717) is 6.61 Å². The van der Waals surface area contributed by atoms with Crippen molar-refractivity contribution in [3.05, 3.63) is 40.9 Å². The molecule has 0 fully saturated rings. The number of aliphatic hydroxyl groups is 1. The van der Waals surface area contributed by atoms with Gasteiger partial charge in [0.25, 0.3) is 0 Å². The zero-order valence-corrected chi connectivity index (χ0v) is 16.1. The number of unbranched alkanes of at least 4 members (excludes halogenated alkanes) is 8. The predicted molar refractivity (Wildman–Crippen MR) is 106 cm³/mol. The van der Waals surface area contributed by atoms with Gasteiger partial charge in [-0.05, 0) is 47.9 Å². The van der Waals surface area contributed by atoms with Crippen LogP contribution in [0.25, 0.3) is 10.8 Å². The molecule has 132 valence electrons. The second-order valence-electron chi connectivity index (χ2n) is 6.41. The summed E-state index contributed by atoms with van der Waals surface area (Å²) in [5, 5.41) is 11.2. The fourth-order valence-corrected chi connectivity index (χ4v) is 3.30. The number of rotatable bonds is 12. The maximum Gasteiger partial charge on any atom is 0.119 e. The molecule has 0 atom stereocenters. The second-order valence-corrected chi connectivity index (χ2v) is 7.32. The second kappa shape index (κ2) is 11.5. The van der Waals surface area contributed by atoms with Crippen LogP contribution < -0.4 is 4.74 Å². The largest absolute Gasteiger partial charge is 0.494 e. The average Bonchev–Trinajstić information content (AvgIpc) is 2.59. The van der Waals surface area contributed by atoms with Crippen molar-refractivity contribution >= 4 is 26.7 Å². The molecule has 1 N–H and O–H groups in total. The van der Waals surface area contributed by atoms with Gasteiger partial charge in [-0.25, -0.2) is 0 Å². The lowest BCUT2D eigenvalue weighted by atomic mass is 10.1. The van der Waals surface area contributed by atoms with Gasteiger partial charge in [0, 0.05) is 11.1 Å². The first-order chi connectivity index (χ1) is 11.8. The first-order valence-corrected chi connectivity index (χ1v) is 10.0. The fraction of sp³-hybridized carbons (Fsp3) is 0.524. The minimum absolute atomic E-state index is 0.342. The lowest BCUT2D eigenvalue weighted by Crippen LogP contribution is -1.97. The zero-order valence-electron chi connectivity index (χ0n) is 14.5. The van der Waals surface area contributed by atoms with Crippen LogP contribution in [0.2, 0.25) is 0 Å². The molecule has 2 nitrogen and oxygen atoms in total. The maximum atomic E-state index is 8.72. The van der Waals surface area contributed by atoms with Crippen molar-refractivity contribution in [1.82, 2.24) is 0 Å². The van der Waals surface area contributed by atoms with Gasteiger partial charge >= 0.3 is 0 Å². The summed E-state index contributed by atoms with van der Waals surface area (Å²) >= 11 is 3.50. The van der Waals surface area contributed by atoms with Crippen LogP contribution >= 0.6 is 15.9 Å². The normalized spacial score (nSPS) is 11.1. The molecule has 0 aliphatic heterocycles. The van der Waals surface area contributed by atoms with Gasteiger partial charge in [-0.3, -0.25) is 0 Å². The van der Waals surface area contributed by atoms with Gasteiger partial charge in [-0.1, -0.05) is 73.0 Å². The third-order valence-electron chi connectivity index (χ3n) is 4.34.